The summed E-state index contributed by atoms with van der Waals surface area (Å²) in [5, 5.41) is 45.4. The monoisotopic (exact) mass is 262 g/mol. The van der Waals surface area contributed by atoms with E-state index in [1.165, 1.54) is 18.3 Å². The third-order valence-corrected chi connectivity index (χ3v) is 2.76. The Labute approximate surface area is 107 Å². The number of aromatic amines is 1. The van der Waals surface area contributed by atoms with Crippen molar-refractivity contribution in [3.63, 3.8) is 0 Å². The van der Waals surface area contributed by atoms with Crippen molar-refractivity contribution < 1.29 is 15.1 Å². The van der Waals surface area contributed by atoms with E-state index in [1.807, 2.05) is 0 Å². The lowest BCUT2D eigenvalue weighted by atomic mass is 10.0. The van der Waals surface area contributed by atoms with Gasteiger partial charge in [-0.2, -0.15) is 10.4 Å². The molecule has 8 nitrogen and oxygen atoms in total. The molecule has 0 amide bonds. The zero-order valence-corrected chi connectivity index (χ0v) is 9.65. The van der Waals surface area contributed by atoms with Crippen LogP contribution in [0.3, 0.4) is 0 Å². The Balaban J connectivity index is 2.50. The number of nitro benzene ring substituents is 1. The molecule has 2 atom stereocenters. The molecule has 2 unspecified atom stereocenters. The van der Waals surface area contributed by atoms with Crippen molar-refractivity contribution in [2.24, 2.45) is 0 Å². The highest BCUT2D eigenvalue weighted by Crippen LogP contribution is 2.30. The number of rotatable bonds is 4. The van der Waals surface area contributed by atoms with Crippen molar-refractivity contribution in [3.05, 3.63) is 34.0 Å². The average Bonchev–Trinajstić information content (AvgIpc) is 2.84. The predicted octanol–water partition coefficient (Wildman–Crippen LogP) is 0.779. The van der Waals surface area contributed by atoms with Crippen LogP contribution in [0.2, 0.25) is 0 Å². The second-order valence-corrected chi connectivity index (χ2v) is 4.00. The van der Waals surface area contributed by atoms with Crippen molar-refractivity contribution in [2.45, 2.75) is 18.6 Å². The summed E-state index contributed by atoms with van der Waals surface area (Å²) in [6.45, 7) is 0. The normalized spacial score (nSPS) is 13.9. The number of aliphatic hydroxyl groups is 2. The van der Waals surface area contributed by atoms with E-state index in [1.54, 1.807) is 6.07 Å². The maximum absolute atomic E-state index is 11.0. The minimum Gasteiger partial charge on any atom is -0.389 e. The Morgan fingerprint density at radius 2 is 2.26 bits per heavy atom. The number of non-ortho nitro benzene ring substituents is 1. The van der Waals surface area contributed by atoms with Crippen LogP contribution in [0.15, 0.2) is 18.3 Å². The Morgan fingerprint density at radius 3 is 2.89 bits per heavy atom. The van der Waals surface area contributed by atoms with Crippen molar-refractivity contribution in [1.29, 1.82) is 5.26 Å². The number of nitrogens with zero attached hydrogens (tertiary/aromatic N) is 3. The fraction of sp³-hybridized carbons (Fsp3) is 0.273. The van der Waals surface area contributed by atoms with Crippen molar-refractivity contribution >= 4 is 16.6 Å². The molecule has 0 aliphatic rings. The molecular formula is C11H10N4O4. The first-order chi connectivity index (χ1) is 9.04. The highest BCUT2D eigenvalue weighted by atomic mass is 16.6. The van der Waals surface area contributed by atoms with Gasteiger partial charge in [0.2, 0.25) is 0 Å². The van der Waals surface area contributed by atoms with Gasteiger partial charge in [-0.15, -0.1) is 0 Å². The van der Waals surface area contributed by atoms with Gasteiger partial charge in [-0.3, -0.25) is 15.2 Å². The second-order valence-electron chi connectivity index (χ2n) is 4.00. The number of benzene rings is 1. The van der Waals surface area contributed by atoms with Gasteiger partial charge in [0.05, 0.1) is 40.6 Å². The highest BCUT2D eigenvalue weighted by molar-refractivity contribution is 5.88. The maximum Gasteiger partial charge on any atom is 0.280 e. The summed E-state index contributed by atoms with van der Waals surface area (Å²) >= 11 is 0. The third kappa shape index (κ3) is 2.37. The van der Waals surface area contributed by atoms with Gasteiger partial charge >= 0.3 is 0 Å². The first-order valence-electron chi connectivity index (χ1n) is 5.39. The average molecular weight is 262 g/mol. The molecule has 0 aliphatic carbocycles. The molecule has 0 spiro atoms. The second kappa shape index (κ2) is 5.01. The molecule has 98 valence electrons. The smallest absolute Gasteiger partial charge is 0.280 e. The maximum atomic E-state index is 11.0. The molecule has 0 saturated heterocycles. The van der Waals surface area contributed by atoms with E-state index >= 15 is 0 Å². The first kappa shape index (κ1) is 12.9. The van der Waals surface area contributed by atoms with Crippen LogP contribution in [-0.4, -0.2) is 31.4 Å². The fourth-order valence-corrected chi connectivity index (χ4v) is 1.80. The van der Waals surface area contributed by atoms with E-state index in [0.717, 1.165) is 0 Å². The number of fused-ring (bicyclic) bond motifs is 1. The summed E-state index contributed by atoms with van der Waals surface area (Å²) in [7, 11) is 0. The van der Waals surface area contributed by atoms with E-state index in [0.29, 0.717) is 10.9 Å². The minimum absolute atomic E-state index is 0.159. The van der Waals surface area contributed by atoms with Gasteiger partial charge in [0.25, 0.3) is 5.69 Å². The number of H-pyrrole nitrogens is 1. The first-order valence-corrected chi connectivity index (χ1v) is 5.39. The summed E-state index contributed by atoms with van der Waals surface area (Å²) in [6, 6.07) is 4.35. The Kier molecular flexibility index (Phi) is 3.41. The minimum atomic E-state index is -1.37. The summed E-state index contributed by atoms with van der Waals surface area (Å²) in [5.41, 5.74) is 0.322. The fourth-order valence-electron chi connectivity index (χ4n) is 1.80. The highest BCUT2D eigenvalue weighted by Gasteiger charge is 2.23. The van der Waals surface area contributed by atoms with Gasteiger partial charge in [-0.25, -0.2) is 0 Å². The van der Waals surface area contributed by atoms with Crippen molar-refractivity contribution in [2.75, 3.05) is 0 Å². The standard InChI is InChI=1S/C11H10N4O4/c12-2-1-10(16)11(17)6-3-8-7(5-13-14-8)9(4-6)15(18)19/h3-5,10-11,16-17H,1H2,(H,13,14). The molecule has 0 bridgehead atoms. The predicted molar refractivity (Wildman–Crippen MR) is 63.9 cm³/mol. The zero-order valence-electron chi connectivity index (χ0n) is 9.65. The van der Waals surface area contributed by atoms with Gasteiger partial charge in [-0.05, 0) is 11.6 Å². The van der Waals surface area contributed by atoms with E-state index in [9.17, 15) is 20.3 Å². The summed E-state index contributed by atoms with van der Waals surface area (Å²) in [4.78, 5) is 10.4. The lowest BCUT2D eigenvalue weighted by molar-refractivity contribution is -0.383. The quantitative estimate of drug-likeness (QED) is 0.550. The number of nitrogens with one attached hydrogen (secondary N) is 1. The number of nitro groups is 1. The Hall–Kier alpha value is -2.50. The van der Waals surface area contributed by atoms with E-state index in [4.69, 9.17) is 5.26 Å². The molecule has 1 aromatic heterocycles. The molecule has 0 aliphatic heterocycles. The molecule has 0 radical (unpaired) electrons. The van der Waals surface area contributed by atoms with Gasteiger partial charge in [0.1, 0.15) is 6.10 Å². The zero-order chi connectivity index (χ0) is 14.0. The molecule has 2 aromatic rings. The molecule has 1 aromatic carbocycles. The van der Waals surface area contributed by atoms with Gasteiger partial charge in [0.15, 0.2) is 0 Å². The molecule has 1 heterocycles. The lowest BCUT2D eigenvalue weighted by Gasteiger charge is -2.15. The van der Waals surface area contributed by atoms with Crippen molar-refractivity contribution in [1.82, 2.24) is 10.2 Å². The summed E-state index contributed by atoms with van der Waals surface area (Å²) in [6.07, 6.45) is -1.62. The number of aliphatic hydroxyl groups excluding tert-OH is 2. The molecule has 0 fully saturated rings. The summed E-state index contributed by atoms with van der Waals surface area (Å²) in [5.74, 6) is 0. The number of hydrogen-bond donors (Lipinski definition) is 3. The van der Waals surface area contributed by atoms with Crippen LogP contribution in [0.1, 0.15) is 18.1 Å². The molecule has 0 saturated carbocycles. The van der Waals surface area contributed by atoms with Crippen LogP contribution in [0.25, 0.3) is 10.9 Å². The third-order valence-electron chi connectivity index (χ3n) is 2.76. The van der Waals surface area contributed by atoms with Crippen LogP contribution >= 0.6 is 0 Å². The number of hydrogen-bond acceptors (Lipinski definition) is 6. The van der Waals surface area contributed by atoms with Gasteiger partial charge in [0, 0.05) is 6.07 Å². The van der Waals surface area contributed by atoms with Crippen LogP contribution in [0.5, 0.6) is 0 Å². The Bertz CT molecular complexity index is 660. The number of aromatic nitrogens is 2. The number of nitriles is 1. The SMILES string of the molecule is N#CCC(O)C(O)c1cc([N+](=O)[O-])c2cn[nH]c2c1. The topological polar surface area (TPSA) is 136 Å². The van der Waals surface area contributed by atoms with Gasteiger partial charge in [-0.1, -0.05) is 0 Å². The van der Waals surface area contributed by atoms with Gasteiger partial charge < -0.3 is 10.2 Å². The van der Waals surface area contributed by atoms with E-state index in [2.05, 4.69) is 10.2 Å². The molecule has 19 heavy (non-hydrogen) atoms. The van der Waals surface area contributed by atoms with Crippen LogP contribution < -0.4 is 0 Å². The molecule has 3 N–H and O–H groups in total. The van der Waals surface area contributed by atoms with Crippen LogP contribution in [-0.2, 0) is 0 Å². The van der Waals surface area contributed by atoms with Crippen LogP contribution in [0.4, 0.5) is 5.69 Å². The lowest BCUT2D eigenvalue weighted by Crippen LogP contribution is -2.17. The molecular weight excluding hydrogens is 252 g/mol. The Morgan fingerprint density at radius 1 is 1.53 bits per heavy atom. The van der Waals surface area contributed by atoms with Crippen LogP contribution in [0, 0.1) is 21.4 Å². The largest absolute Gasteiger partial charge is 0.389 e. The van der Waals surface area contributed by atoms with E-state index in [-0.39, 0.29) is 17.7 Å². The molecule has 8 heteroatoms. The van der Waals surface area contributed by atoms with Crippen molar-refractivity contribution in [3.8, 4) is 6.07 Å². The molecule has 2 rings (SSSR count). The van der Waals surface area contributed by atoms with E-state index < -0.39 is 17.1 Å². The summed E-state index contributed by atoms with van der Waals surface area (Å²) < 4.78 is 0.